The third-order valence-corrected chi connectivity index (χ3v) is 5.83. The molecule has 0 aliphatic carbocycles. The van der Waals surface area contributed by atoms with E-state index in [-0.39, 0.29) is 12.5 Å². The van der Waals surface area contributed by atoms with Crippen LogP contribution in [0.3, 0.4) is 0 Å². The van der Waals surface area contributed by atoms with Crippen LogP contribution in [-0.2, 0) is 9.59 Å². The highest BCUT2D eigenvalue weighted by molar-refractivity contribution is 8.26. The highest BCUT2D eigenvalue weighted by atomic mass is 35.5. The summed E-state index contributed by atoms with van der Waals surface area (Å²) in [6.07, 6.45) is 1.74. The first-order valence-corrected chi connectivity index (χ1v) is 10.1. The van der Waals surface area contributed by atoms with E-state index in [9.17, 15) is 14.4 Å². The fraction of sp³-hybridized carbons (Fsp3) is 0.0588. The summed E-state index contributed by atoms with van der Waals surface area (Å²) >= 11 is 13.6. The molecule has 2 N–H and O–H groups in total. The van der Waals surface area contributed by atoms with Gasteiger partial charge in [-0.1, -0.05) is 47.7 Å². The van der Waals surface area contributed by atoms with Crippen LogP contribution in [0.2, 0.25) is 5.02 Å². The molecule has 1 aromatic carbocycles. The van der Waals surface area contributed by atoms with E-state index in [1.807, 2.05) is 17.5 Å². The Kier molecular flexibility index (Phi) is 6.27. The van der Waals surface area contributed by atoms with E-state index in [4.69, 9.17) is 23.8 Å². The van der Waals surface area contributed by atoms with Crippen LogP contribution < -0.4 is 10.9 Å². The molecule has 1 fully saturated rings. The molecule has 0 unspecified atom stereocenters. The third kappa shape index (κ3) is 4.95. The van der Waals surface area contributed by atoms with Crippen molar-refractivity contribution in [2.75, 3.05) is 6.54 Å². The summed E-state index contributed by atoms with van der Waals surface area (Å²) in [6.45, 7) is -0.289. The van der Waals surface area contributed by atoms with Crippen molar-refractivity contribution in [2.24, 2.45) is 0 Å². The number of nitrogens with one attached hydrogen (secondary N) is 2. The summed E-state index contributed by atoms with van der Waals surface area (Å²) in [4.78, 5) is 39.1. The van der Waals surface area contributed by atoms with Crippen molar-refractivity contribution in [3.8, 4) is 0 Å². The Hall–Kier alpha value is -2.20. The van der Waals surface area contributed by atoms with Crippen LogP contribution in [0.25, 0.3) is 6.08 Å². The molecular weight excluding hydrogens is 426 g/mol. The Morgan fingerprint density at radius 2 is 2.04 bits per heavy atom. The smallest absolute Gasteiger partial charge is 0.269 e. The zero-order valence-electron chi connectivity index (χ0n) is 13.6. The average Bonchev–Trinajstić information content (AvgIpc) is 3.24. The lowest BCUT2D eigenvalue weighted by molar-refractivity contribution is -0.129. The molecule has 10 heteroatoms. The molecule has 0 atom stereocenters. The second-order valence-corrected chi connectivity index (χ2v) is 8.39. The van der Waals surface area contributed by atoms with Gasteiger partial charge in [0.05, 0.1) is 4.91 Å². The van der Waals surface area contributed by atoms with Crippen molar-refractivity contribution in [1.82, 2.24) is 15.8 Å². The van der Waals surface area contributed by atoms with Gasteiger partial charge in [0, 0.05) is 15.5 Å². The monoisotopic (exact) mass is 437 g/mol. The molecule has 1 saturated heterocycles. The zero-order chi connectivity index (χ0) is 19.4. The van der Waals surface area contributed by atoms with Gasteiger partial charge in [-0.3, -0.25) is 30.1 Å². The van der Waals surface area contributed by atoms with E-state index < -0.39 is 11.8 Å². The SMILES string of the molecule is O=C(CN1C(=O)C(=Cc2cccs2)SC1=S)NNC(=O)c1cccc(Cl)c1. The molecule has 0 spiro atoms. The van der Waals surface area contributed by atoms with E-state index >= 15 is 0 Å². The first-order chi connectivity index (χ1) is 12.9. The number of thiophene rings is 1. The fourth-order valence-corrected chi connectivity index (χ4v) is 4.32. The third-order valence-electron chi connectivity index (χ3n) is 3.39. The number of hydrogen-bond acceptors (Lipinski definition) is 6. The Morgan fingerprint density at radius 1 is 1.22 bits per heavy atom. The van der Waals surface area contributed by atoms with Gasteiger partial charge >= 0.3 is 0 Å². The van der Waals surface area contributed by atoms with Crippen LogP contribution in [0.5, 0.6) is 0 Å². The number of benzene rings is 1. The predicted octanol–water partition coefficient (Wildman–Crippen LogP) is 3.06. The fourth-order valence-electron chi connectivity index (χ4n) is 2.15. The minimum Gasteiger partial charge on any atom is -0.283 e. The first kappa shape index (κ1) is 19.6. The van der Waals surface area contributed by atoms with Crippen molar-refractivity contribution in [3.63, 3.8) is 0 Å². The van der Waals surface area contributed by atoms with E-state index in [0.29, 0.717) is 19.8 Å². The van der Waals surface area contributed by atoms with E-state index in [2.05, 4.69) is 10.9 Å². The quantitative estimate of drug-likeness (QED) is 0.436. The van der Waals surface area contributed by atoms with Crippen LogP contribution in [0.15, 0.2) is 46.7 Å². The highest BCUT2D eigenvalue weighted by Crippen LogP contribution is 2.32. The number of rotatable bonds is 4. The molecule has 2 aromatic rings. The lowest BCUT2D eigenvalue weighted by Gasteiger charge is -2.14. The number of carbonyl (C=O) groups is 3. The number of halogens is 1. The van der Waals surface area contributed by atoms with Crippen LogP contribution >= 0.6 is 46.9 Å². The summed E-state index contributed by atoms with van der Waals surface area (Å²) in [5, 5.41) is 2.31. The van der Waals surface area contributed by atoms with Crippen molar-refractivity contribution >= 4 is 75.0 Å². The molecule has 0 saturated carbocycles. The number of nitrogens with zero attached hydrogens (tertiary/aromatic N) is 1. The molecule has 2 heterocycles. The lowest BCUT2D eigenvalue weighted by atomic mass is 10.2. The molecule has 0 bridgehead atoms. The summed E-state index contributed by atoms with van der Waals surface area (Å²) < 4.78 is 0.291. The number of hydrazine groups is 1. The topological polar surface area (TPSA) is 78.5 Å². The molecule has 1 aromatic heterocycles. The maximum absolute atomic E-state index is 12.4. The second-order valence-electron chi connectivity index (χ2n) is 5.30. The molecule has 1 aliphatic heterocycles. The predicted molar refractivity (Wildman–Crippen MR) is 111 cm³/mol. The van der Waals surface area contributed by atoms with Gasteiger partial charge < -0.3 is 0 Å². The minimum absolute atomic E-state index is 0.289. The normalized spacial score (nSPS) is 15.3. The van der Waals surface area contributed by atoms with Crippen LogP contribution in [0, 0.1) is 0 Å². The number of thioether (sulfide) groups is 1. The van der Waals surface area contributed by atoms with E-state index in [1.54, 1.807) is 24.3 Å². The summed E-state index contributed by atoms with van der Waals surface area (Å²) in [5.41, 5.74) is 4.84. The number of thiocarbonyl (C=S) groups is 1. The van der Waals surface area contributed by atoms with E-state index in [0.717, 1.165) is 16.6 Å². The Balaban J connectivity index is 1.57. The molecule has 0 radical (unpaired) electrons. The molecule has 3 rings (SSSR count). The van der Waals surface area contributed by atoms with Gasteiger partial charge in [0.2, 0.25) is 0 Å². The van der Waals surface area contributed by atoms with Gasteiger partial charge in [0.1, 0.15) is 10.9 Å². The molecule has 1 aliphatic rings. The molecule has 3 amide bonds. The van der Waals surface area contributed by atoms with Crippen molar-refractivity contribution in [1.29, 1.82) is 0 Å². The van der Waals surface area contributed by atoms with Crippen molar-refractivity contribution in [2.45, 2.75) is 0 Å². The molecule has 27 heavy (non-hydrogen) atoms. The number of amides is 3. The van der Waals surface area contributed by atoms with Crippen LogP contribution in [-0.4, -0.2) is 33.5 Å². The van der Waals surface area contributed by atoms with E-state index in [1.165, 1.54) is 22.3 Å². The summed E-state index contributed by atoms with van der Waals surface area (Å²) in [5.74, 6) is -1.43. The van der Waals surface area contributed by atoms with Gasteiger partial charge in [0.15, 0.2) is 0 Å². The highest BCUT2D eigenvalue weighted by Gasteiger charge is 2.33. The number of hydrogen-bond donors (Lipinski definition) is 2. The Morgan fingerprint density at radius 3 is 2.74 bits per heavy atom. The van der Waals surface area contributed by atoms with Gasteiger partial charge in [-0.2, -0.15) is 0 Å². The van der Waals surface area contributed by atoms with Gasteiger partial charge in [-0.05, 0) is 35.7 Å². The first-order valence-electron chi connectivity index (χ1n) is 7.57. The van der Waals surface area contributed by atoms with Crippen molar-refractivity contribution in [3.05, 3.63) is 62.1 Å². The summed E-state index contributed by atoms with van der Waals surface area (Å²) in [6, 6.07) is 10.1. The Bertz CT molecular complexity index is 944. The Labute approximate surface area is 173 Å². The van der Waals surface area contributed by atoms with Crippen LogP contribution in [0.4, 0.5) is 0 Å². The summed E-state index contributed by atoms with van der Waals surface area (Å²) in [7, 11) is 0. The maximum atomic E-state index is 12.4. The standard InChI is InChI=1S/C17H12ClN3O3S3/c18-11-4-1-3-10(7-11)15(23)20-19-14(22)9-21-16(24)13(27-17(21)25)8-12-5-2-6-26-12/h1-8H,9H2,(H,19,22)(H,20,23). The number of carbonyl (C=O) groups excluding carboxylic acids is 3. The largest absolute Gasteiger partial charge is 0.283 e. The second kappa shape index (κ2) is 8.66. The van der Waals surface area contributed by atoms with Crippen molar-refractivity contribution < 1.29 is 14.4 Å². The van der Waals surface area contributed by atoms with Gasteiger partial charge in [-0.25, -0.2) is 0 Å². The average molecular weight is 438 g/mol. The van der Waals surface area contributed by atoms with Gasteiger partial charge in [-0.15, -0.1) is 11.3 Å². The maximum Gasteiger partial charge on any atom is 0.269 e. The van der Waals surface area contributed by atoms with Crippen LogP contribution in [0.1, 0.15) is 15.2 Å². The lowest BCUT2D eigenvalue weighted by Crippen LogP contribution is -2.47. The zero-order valence-corrected chi connectivity index (χ0v) is 16.8. The minimum atomic E-state index is -0.570. The van der Waals surface area contributed by atoms with Gasteiger partial charge in [0.25, 0.3) is 17.7 Å². The molecular formula is C17H12ClN3O3S3. The molecule has 6 nitrogen and oxygen atoms in total. The molecule has 138 valence electrons.